The van der Waals surface area contributed by atoms with Gasteiger partial charge in [-0.1, -0.05) is 30.7 Å². The summed E-state index contributed by atoms with van der Waals surface area (Å²) < 4.78 is 0. The van der Waals surface area contributed by atoms with E-state index in [4.69, 9.17) is 16.7 Å². The van der Waals surface area contributed by atoms with E-state index in [1.807, 2.05) is 36.1 Å². The molecule has 2 fully saturated rings. The van der Waals surface area contributed by atoms with Gasteiger partial charge < -0.3 is 10.4 Å². The quantitative estimate of drug-likeness (QED) is 0.792. The third-order valence-electron chi connectivity index (χ3n) is 5.27. The minimum Gasteiger partial charge on any atom is -0.480 e. The Bertz CT molecular complexity index is 639. The summed E-state index contributed by atoms with van der Waals surface area (Å²) in [6, 6.07) is 7.93. The van der Waals surface area contributed by atoms with E-state index in [9.17, 15) is 9.59 Å². The van der Waals surface area contributed by atoms with E-state index in [2.05, 4.69) is 5.32 Å². The Hall–Kier alpha value is -1.59. The van der Waals surface area contributed by atoms with E-state index in [-0.39, 0.29) is 24.5 Å². The molecule has 1 aromatic rings. The first-order valence-corrected chi connectivity index (χ1v) is 8.85. The molecule has 130 valence electrons. The number of halogens is 1. The fourth-order valence-electron chi connectivity index (χ4n) is 3.56. The molecule has 2 aliphatic carbocycles. The molecule has 5 nitrogen and oxygen atoms in total. The van der Waals surface area contributed by atoms with E-state index in [1.54, 1.807) is 0 Å². The second-order valence-electron chi connectivity index (χ2n) is 6.84. The van der Waals surface area contributed by atoms with Crippen molar-refractivity contribution in [1.82, 2.24) is 10.2 Å². The van der Waals surface area contributed by atoms with Gasteiger partial charge in [-0.15, -0.1) is 0 Å². The number of hydrogen-bond acceptors (Lipinski definition) is 3. The summed E-state index contributed by atoms with van der Waals surface area (Å²) in [7, 11) is 0. The number of aliphatic carboxylic acids is 1. The maximum Gasteiger partial charge on any atom is 0.317 e. The number of carbonyl (C=O) groups excluding carboxylic acids is 1. The van der Waals surface area contributed by atoms with Crippen molar-refractivity contribution in [3.8, 4) is 0 Å². The van der Waals surface area contributed by atoms with Crippen LogP contribution in [0.25, 0.3) is 0 Å². The highest BCUT2D eigenvalue weighted by molar-refractivity contribution is 6.30. The van der Waals surface area contributed by atoms with Crippen LogP contribution in [-0.2, 0) is 15.0 Å². The first-order chi connectivity index (χ1) is 11.4. The largest absolute Gasteiger partial charge is 0.480 e. The zero-order valence-electron chi connectivity index (χ0n) is 13.8. The number of nitrogens with one attached hydrogen (secondary N) is 1. The SMILES string of the molecule is CCN(CC(=O)O)C1CC(NC(=O)C2(c3cccc(Cl)c3)CC2)C1. The van der Waals surface area contributed by atoms with Crippen molar-refractivity contribution in [3.05, 3.63) is 34.9 Å². The lowest BCUT2D eigenvalue weighted by Crippen LogP contribution is -2.56. The lowest BCUT2D eigenvalue weighted by Gasteiger charge is -2.42. The van der Waals surface area contributed by atoms with Crippen molar-refractivity contribution in [1.29, 1.82) is 0 Å². The number of hydrogen-bond donors (Lipinski definition) is 2. The van der Waals surface area contributed by atoms with Gasteiger partial charge >= 0.3 is 5.97 Å². The topological polar surface area (TPSA) is 69.6 Å². The van der Waals surface area contributed by atoms with E-state index >= 15 is 0 Å². The molecule has 6 heteroatoms. The van der Waals surface area contributed by atoms with E-state index in [1.165, 1.54) is 0 Å². The number of nitrogens with zero attached hydrogens (tertiary/aromatic N) is 1. The van der Waals surface area contributed by atoms with Gasteiger partial charge in [-0.2, -0.15) is 0 Å². The van der Waals surface area contributed by atoms with Crippen molar-refractivity contribution in [3.63, 3.8) is 0 Å². The van der Waals surface area contributed by atoms with Gasteiger partial charge in [0.25, 0.3) is 0 Å². The Kier molecular flexibility index (Phi) is 4.83. The van der Waals surface area contributed by atoms with Gasteiger partial charge in [-0.05, 0) is 49.9 Å². The van der Waals surface area contributed by atoms with Gasteiger partial charge in [0.15, 0.2) is 0 Å². The smallest absolute Gasteiger partial charge is 0.317 e. The van der Waals surface area contributed by atoms with Crippen molar-refractivity contribution < 1.29 is 14.7 Å². The Morgan fingerprint density at radius 2 is 2.08 bits per heavy atom. The number of amides is 1. The van der Waals surface area contributed by atoms with Crippen LogP contribution in [0.2, 0.25) is 5.02 Å². The van der Waals surface area contributed by atoms with E-state index < -0.39 is 11.4 Å². The van der Waals surface area contributed by atoms with Crippen LogP contribution in [-0.4, -0.2) is 47.1 Å². The molecule has 0 saturated heterocycles. The fourth-order valence-corrected chi connectivity index (χ4v) is 3.75. The maximum atomic E-state index is 12.7. The molecule has 0 spiro atoms. The van der Waals surface area contributed by atoms with Gasteiger partial charge in [0.1, 0.15) is 0 Å². The minimum atomic E-state index is -0.803. The normalized spacial score (nSPS) is 24.3. The predicted octanol–water partition coefficient (Wildman–Crippen LogP) is 2.43. The molecule has 0 aromatic heterocycles. The summed E-state index contributed by atoms with van der Waals surface area (Å²) >= 11 is 6.05. The maximum absolute atomic E-state index is 12.7. The second kappa shape index (κ2) is 6.73. The highest BCUT2D eigenvalue weighted by atomic mass is 35.5. The van der Waals surface area contributed by atoms with Crippen LogP contribution < -0.4 is 5.32 Å². The molecule has 0 aliphatic heterocycles. The van der Waals surface area contributed by atoms with Crippen molar-refractivity contribution in [2.75, 3.05) is 13.1 Å². The number of benzene rings is 1. The van der Waals surface area contributed by atoms with Crippen LogP contribution in [0.1, 0.15) is 38.2 Å². The molecule has 1 aromatic carbocycles. The number of carboxylic acid groups (broad SMARTS) is 1. The first kappa shape index (κ1) is 17.2. The van der Waals surface area contributed by atoms with Gasteiger partial charge in [0, 0.05) is 17.1 Å². The van der Waals surface area contributed by atoms with E-state index in [0.29, 0.717) is 11.6 Å². The first-order valence-electron chi connectivity index (χ1n) is 8.47. The Balaban J connectivity index is 1.55. The Labute approximate surface area is 147 Å². The molecule has 2 aliphatic rings. The fraction of sp³-hybridized carbons (Fsp3) is 0.556. The molecular weight excluding hydrogens is 328 g/mol. The average Bonchev–Trinajstić information content (AvgIpc) is 3.30. The third kappa shape index (κ3) is 3.42. The monoisotopic (exact) mass is 350 g/mol. The highest BCUT2D eigenvalue weighted by Crippen LogP contribution is 2.49. The van der Waals surface area contributed by atoms with E-state index in [0.717, 1.165) is 31.2 Å². The van der Waals surface area contributed by atoms with Gasteiger partial charge in [-0.3, -0.25) is 14.5 Å². The summed E-state index contributed by atoms with van der Waals surface area (Å²) in [6.45, 7) is 2.74. The summed E-state index contributed by atoms with van der Waals surface area (Å²) in [6.07, 6.45) is 3.35. The zero-order chi connectivity index (χ0) is 17.3. The van der Waals surface area contributed by atoms with Crippen LogP contribution in [0.3, 0.4) is 0 Å². The molecule has 0 heterocycles. The summed E-state index contributed by atoms with van der Waals surface area (Å²) in [5, 5.41) is 12.7. The van der Waals surface area contributed by atoms with Crippen molar-refractivity contribution in [2.45, 2.75) is 50.1 Å². The van der Waals surface area contributed by atoms with Crippen LogP contribution in [0, 0.1) is 0 Å². The van der Waals surface area contributed by atoms with Crippen molar-refractivity contribution >= 4 is 23.5 Å². The molecule has 3 rings (SSSR count). The lowest BCUT2D eigenvalue weighted by atomic mass is 9.84. The predicted molar refractivity (Wildman–Crippen MR) is 92.2 cm³/mol. The second-order valence-corrected chi connectivity index (χ2v) is 7.28. The Morgan fingerprint density at radius 3 is 2.62 bits per heavy atom. The number of carbonyl (C=O) groups is 2. The number of likely N-dealkylation sites (N-methyl/N-ethyl adjacent to an activating group) is 1. The molecule has 2 saturated carbocycles. The molecule has 2 N–H and O–H groups in total. The third-order valence-corrected chi connectivity index (χ3v) is 5.51. The van der Waals surface area contributed by atoms with Gasteiger partial charge in [0.05, 0.1) is 12.0 Å². The van der Waals surface area contributed by atoms with Crippen molar-refractivity contribution in [2.24, 2.45) is 0 Å². The molecular formula is C18H23ClN2O3. The molecule has 0 radical (unpaired) electrons. The highest BCUT2D eigenvalue weighted by Gasteiger charge is 2.52. The molecule has 0 bridgehead atoms. The molecule has 1 amide bonds. The molecule has 0 atom stereocenters. The molecule has 0 unspecified atom stereocenters. The number of carboxylic acids is 1. The average molecular weight is 351 g/mol. The summed E-state index contributed by atoms with van der Waals surface area (Å²) in [5.74, 6) is -0.725. The van der Waals surface area contributed by atoms with Gasteiger partial charge in [-0.25, -0.2) is 0 Å². The van der Waals surface area contributed by atoms with Crippen LogP contribution >= 0.6 is 11.6 Å². The zero-order valence-corrected chi connectivity index (χ0v) is 14.6. The lowest BCUT2D eigenvalue weighted by molar-refractivity contribution is -0.140. The van der Waals surface area contributed by atoms with Crippen LogP contribution in [0.15, 0.2) is 24.3 Å². The van der Waals surface area contributed by atoms with Crippen LogP contribution in [0.5, 0.6) is 0 Å². The standard InChI is InChI=1S/C18H23ClN2O3/c1-2-21(11-16(22)23)15-9-14(10-15)20-17(24)18(6-7-18)12-4-3-5-13(19)8-12/h3-5,8,14-15H,2,6-7,9-11H2,1H3,(H,20,24)(H,22,23). The van der Waals surface area contributed by atoms with Gasteiger partial charge in [0.2, 0.25) is 5.91 Å². The molecule has 24 heavy (non-hydrogen) atoms. The number of rotatable bonds is 7. The Morgan fingerprint density at radius 1 is 1.38 bits per heavy atom. The summed E-state index contributed by atoms with van der Waals surface area (Å²) in [4.78, 5) is 25.5. The minimum absolute atomic E-state index is 0.0638. The van der Waals surface area contributed by atoms with Crippen LogP contribution in [0.4, 0.5) is 0 Å². The summed E-state index contributed by atoms with van der Waals surface area (Å²) in [5.41, 5.74) is 0.575.